The van der Waals surface area contributed by atoms with Crippen LogP contribution in [-0.2, 0) is 4.79 Å². The number of fused-ring (bicyclic) bond motifs is 1. The van der Waals surface area contributed by atoms with Gasteiger partial charge in [-0.25, -0.2) is 0 Å². The molecule has 0 fully saturated rings. The number of carbonyl (C=O) groups excluding carboxylic acids is 2. The molecule has 2 N–H and O–H groups in total. The van der Waals surface area contributed by atoms with Gasteiger partial charge in [-0.2, -0.15) is 0 Å². The molecule has 0 saturated carbocycles. The van der Waals surface area contributed by atoms with Crippen molar-refractivity contribution < 1.29 is 14.3 Å². The van der Waals surface area contributed by atoms with E-state index < -0.39 is 0 Å². The van der Waals surface area contributed by atoms with Gasteiger partial charge in [0.15, 0.2) is 6.61 Å². The van der Waals surface area contributed by atoms with Crippen molar-refractivity contribution in [2.24, 2.45) is 0 Å². The van der Waals surface area contributed by atoms with Gasteiger partial charge in [-0.15, -0.1) is 0 Å². The van der Waals surface area contributed by atoms with Crippen LogP contribution in [0.3, 0.4) is 0 Å². The molecule has 0 atom stereocenters. The zero-order valence-corrected chi connectivity index (χ0v) is 16.3. The number of carbonyl (C=O) groups is 2. The molecule has 0 saturated heterocycles. The topological polar surface area (TPSA) is 67.4 Å². The summed E-state index contributed by atoms with van der Waals surface area (Å²) in [6, 6.07) is 20.5. The number of hydrogen-bond donors (Lipinski definition) is 2. The molecular weight excluding hydrogens is 352 g/mol. The molecule has 0 spiro atoms. The van der Waals surface area contributed by atoms with E-state index in [0.29, 0.717) is 17.0 Å². The second kappa shape index (κ2) is 8.13. The van der Waals surface area contributed by atoms with Crippen molar-refractivity contribution in [1.29, 1.82) is 0 Å². The van der Waals surface area contributed by atoms with Crippen molar-refractivity contribution in [1.82, 2.24) is 5.32 Å². The SMILES string of the molecule is CC(C)(C)NC(=O)c1ccccc1NC(=O)COc1cccc2ccccc12. The van der Waals surface area contributed by atoms with Crippen LogP contribution >= 0.6 is 0 Å². The molecule has 3 aromatic rings. The fraction of sp³-hybridized carbons (Fsp3) is 0.217. The first-order valence-electron chi connectivity index (χ1n) is 9.15. The van der Waals surface area contributed by atoms with E-state index in [1.807, 2.05) is 63.2 Å². The maximum Gasteiger partial charge on any atom is 0.262 e. The number of rotatable bonds is 5. The summed E-state index contributed by atoms with van der Waals surface area (Å²) in [7, 11) is 0. The third-order valence-electron chi connectivity index (χ3n) is 4.04. The summed E-state index contributed by atoms with van der Waals surface area (Å²) in [6.07, 6.45) is 0. The van der Waals surface area contributed by atoms with Gasteiger partial charge in [0.05, 0.1) is 11.3 Å². The van der Waals surface area contributed by atoms with E-state index in [1.165, 1.54) is 0 Å². The zero-order valence-electron chi connectivity index (χ0n) is 16.3. The van der Waals surface area contributed by atoms with Crippen molar-refractivity contribution in [3.63, 3.8) is 0 Å². The van der Waals surface area contributed by atoms with Gasteiger partial charge >= 0.3 is 0 Å². The molecule has 0 heterocycles. The third-order valence-corrected chi connectivity index (χ3v) is 4.04. The van der Waals surface area contributed by atoms with Crippen LogP contribution in [0, 0.1) is 0 Å². The Balaban J connectivity index is 1.69. The Labute approximate surface area is 164 Å². The van der Waals surface area contributed by atoms with Crippen LogP contribution in [0.4, 0.5) is 5.69 Å². The molecule has 3 rings (SSSR count). The van der Waals surface area contributed by atoms with Crippen LogP contribution in [0.15, 0.2) is 66.7 Å². The van der Waals surface area contributed by atoms with Gasteiger partial charge in [0.25, 0.3) is 11.8 Å². The molecule has 144 valence electrons. The number of nitrogens with one attached hydrogen (secondary N) is 2. The van der Waals surface area contributed by atoms with E-state index in [-0.39, 0.29) is 24.0 Å². The molecule has 0 radical (unpaired) electrons. The van der Waals surface area contributed by atoms with E-state index in [0.717, 1.165) is 10.8 Å². The highest BCUT2D eigenvalue weighted by molar-refractivity contribution is 6.04. The summed E-state index contributed by atoms with van der Waals surface area (Å²) >= 11 is 0. The van der Waals surface area contributed by atoms with Gasteiger partial charge in [-0.1, -0.05) is 48.5 Å². The molecular formula is C23H24N2O3. The standard InChI is InChI=1S/C23H24N2O3/c1-23(2,3)25-22(27)18-12-6-7-13-19(18)24-21(26)15-28-20-14-8-10-16-9-4-5-11-17(16)20/h4-14H,15H2,1-3H3,(H,24,26)(H,25,27). The lowest BCUT2D eigenvalue weighted by Gasteiger charge is -2.21. The summed E-state index contributed by atoms with van der Waals surface area (Å²) in [5.74, 6) is 0.0781. The van der Waals surface area contributed by atoms with Gasteiger partial charge in [0.2, 0.25) is 0 Å². The van der Waals surface area contributed by atoms with Crippen LogP contribution in [0.25, 0.3) is 10.8 Å². The maximum absolute atomic E-state index is 12.5. The molecule has 0 unspecified atom stereocenters. The van der Waals surface area contributed by atoms with Crippen LogP contribution in [0.2, 0.25) is 0 Å². The second-order valence-corrected chi connectivity index (χ2v) is 7.56. The molecule has 0 aliphatic carbocycles. The Morgan fingerprint density at radius 3 is 2.36 bits per heavy atom. The minimum absolute atomic E-state index is 0.150. The molecule has 0 aliphatic heterocycles. The summed E-state index contributed by atoms with van der Waals surface area (Å²) < 4.78 is 5.72. The Kier molecular flexibility index (Phi) is 5.64. The number of hydrogen-bond acceptors (Lipinski definition) is 3. The quantitative estimate of drug-likeness (QED) is 0.694. The number of benzene rings is 3. The van der Waals surface area contributed by atoms with Crippen LogP contribution in [0.5, 0.6) is 5.75 Å². The molecule has 3 aromatic carbocycles. The Bertz CT molecular complexity index is 1000. The monoisotopic (exact) mass is 376 g/mol. The van der Waals surface area contributed by atoms with E-state index in [4.69, 9.17) is 4.74 Å². The lowest BCUT2D eigenvalue weighted by Crippen LogP contribution is -2.41. The van der Waals surface area contributed by atoms with Crippen LogP contribution in [0.1, 0.15) is 31.1 Å². The Hall–Kier alpha value is -3.34. The van der Waals surface area contributed by atoms with E-state index >= 15 is 0 Å². The largest absolute Gasteiger partial charge is 0.483 e. The summed E-state index contributed by atoms with van der Waals surface area (Å²) in [5, 5.41) is 7.67. The molecule has 0 bridgehead atoms. The van der Waals surface area contributed by atoms with Crippen molar-refractivity contribution in [3.8, 4) is 5.75 Å². The highest BCUT2D eigenvalue weighted by atomic mass is 16.5. The van der Waals surface area contributed by atoms with Crippen LogP contribution < -0.4 is 15.4 Å². The third kappa shape index (κ3) is 4.88. The normalized spacial score (nSPS) is 11.1. The molecule has 0 aliphatic rings. The maximum atomic E-state index is 12.5. The van der Waals surface area contributed by atoms with Gasteiger partial charge in [0.1, 0.15) is 5.75 Å². The highest BCUT2D eigenvalue weighted by Crippen LogP contribution is 2.25. The van der Waals surface area contributed by atoms with E-state index in [2.05, 4.69) is 10.6 Å². The van der Waals surface area contributed by atoms with Gasteiger partial charge < -0.3 is 15.4 Å². The first kappa shape index (κ1) is 19.4. The van der Waals surface area contributed by atoms with Crippen molar-refractivity contribution >= 4 is 28.3 Å². The number of amides is 2. The van der Waals surface area contributed by atoms with Gasteiger partial charge in [0, 0.05) is 10.9 Å². The fourth-order valence-corrected chi connectivity index (χ4v) is 2.85. The molecule has 2 amide bonds. The minimum atomic E-state index is -0.369. The number of para-hydroxylation sites is 1. The smallest absolute Gasteiger partial charge is 0.262 e. The predicted molar refractivity (Wildman–Crippen MR) is 112 cm³/mol. The van der Waals surface area contributed by atoms with Crippen LogP contribution in [-0.4, -0.2) is 24.0 Å². The molecule has 5 heteroatoms. The zero-order chi connectivity index (χ0) is 20.1. The van der Waals surface area contributed by atoms with Gasteiger partial charge in [-0.05, 0) is 44.4 Å². The van der Waals surface area contributed by atoms with Gasteiger partial charge in [-0.3, -0.25) is 9.59 Å². The van der Waals surface area contributed by atoms with E-state index in [1.54, 1.807) is 24.3 Å². The predicted octanol–water partition coefficient (Wildman–Crippen LogP) is 4.39. The summed E-state index contributed by atoms with van der Waals surface area (Å²) in [4.78, 5) is 24.9. The Morgan fingerprint density at radius 1 is 0.893 bits per heavy atom. The van der Waals surface area contributed by atoms with Crippen molar-refractivity contribution in [2.45, 2.75) is 26.3 Å². The summed E-state index contributed by atoms with van der Waals surface area (Å²) in [6.45, 7) is 5.57. The average molecular weight is 376 g/mol. The Morgan fingerprint density at radius 2 is 1.57 bits per heavy atom. The first-order chi connectivity index (χ1) is 13.3. The van der Waals surface area contributed by atoms with Crippen molar-refractivity contribution in [3.05, 3.63) is 72.3 Å². The first-order valence-corrected chi connectivity index (χ1v) is 9.15. The molecule has 5 nitrogen and oxygen atoms in total. The molecule has 0 aromatic heterocycles. The fourth-order valence-electron chi connectivity index (χ4n) is 2.85. The lowest BCUT2D eigenvalue weighted by atomic mass is 10.1. The highest BCUT2D eigenvalue weighted by Gasteiger charge is 2.18. The number of anilines is 1. The second-order valence-electron chi connectivity index (χ2n) is 7.56. The summed E-state index contributed by atoms with van der Waals surface area (Å²) in [5.41, 5.74) is 0.498. The molecule has 28 heavy (non-hydrogen) atoms. The number of ether oxygens (including phenoxy) is 1. The minimum Gasteiger partial charge on any atom is -0.483 e. The van der Waals surface area contributed by atoms with E-state index in [9.17, 15) is 9.59 Å². The average Bonchev–Trinajstić information content (AvgIpc) is 2.65. The lowest BCUT2D eigenvalue weighted by molar-refractivity contribution is -0.118. The van der Waals surface area contributed by atoms with Crippen molar-refractivity contribution in [2.75, 3.05) is 11.9 Å².